The Labute approximate surface area is 152 Å². The molecule has 0 spiro atoms. The molecule has 0 saturated carbocycles. The number of aliphatic hydroxyl groups excluding tert-OH is 1. The van der Waals surface area contributed by atoms with Crippen LogP contribution in [0.15, 0.2) is 84.9 Å². The number of fused-ring (bicyclic) bond motifs is 1. The Kier molecular flexibility index (Phi) is 4.67. The maximum Gasteiger partial charge on any atom is 0.204 e. The van der Waals surface area contributed by atoms with Gasteiger partial charge in [0.2, 0.25) is 5.95 Å². The van der Waals surface area contributed by atoms with E-state index in [1.807, 2.05) is 72.8 Å². The van der Waals surface area contributed by atoms with Gasteiger partial charge < -0.3 is 15.0 Å². The van der Waals surface area contributed by atoms with Gasteiger partial charge in [-0.2, -0.15) is 0 Å². The molecule has 4 heteroatoms. The van der Waals surface area contributed by atoms with E-state index in [0.717, 1.165) is 22.5 Å². The summed E-state index contributed by atoms with van der Waals surface area (Å²) in [4.78, 5) is 4.72. The molecule has 0 amide bonds. The molecule has 26 heavy (non-hydrogen) atoms. The highest BCUT2D eigenvalue weighted by Gasteiger charge is 2.15. The molecule has 2 N–H and O–H groups in total. The first-order chi connectivity index (χ1) is 12.8. The number of para-hydroxylation sites is 2. The van der Waals surface area contributed by atoms with Crippen LogP contribution in [0.3, 0.4) is 0 Å². The molecule has 3 aromatic carbocycles. The molecule has 0 aliphatic heterocycles. The zero-order valence-corrected chi connectivity index (χ0v) is 14.4. The fourth-order valence-electron chi connectivity index (χ4n) is 3.13. The van der Waals surface area contributed by atoms with Gasteiger partial charge in [-0.25, -0.2) is 4.98 Å². The Morgan fingerprint density at radius 1 is 0.846 bits per heavy atom. The van der Waals surface area contributed by atoms with Crippen molar-refractivity contribution in [1.29, 1.82) is 0 Å². The third-order valence-corrected chi connectivity index (χ3v) is 4.49. The summed E-state index contributed by atoms with van der Waals surface area (Å²) in [6.45, 7) is 1.13. The summed E-state index contributed by atoms with van der Waals surface area (Å²) in [6, 6.07) is 28.0. The molecule has 0 saturated heterocycles. The second-order valence-corrected chi connectivity index (χ2v) is 6.30. The monoisotopic (exact) mass is 343 g/mol. The molecule has 130 valence electrons. The number of anilines is 1. The van der Waals surface area contributed by atoms with E-state index in [1.54, 1.807) is 0 Å². The highest BCUT2D eigenvalue weighted by molar-refractivity contribution is 5.78. The Morgan fingerprint density at radius 2 is 1.50 bits per heavy atom. The molecule has 1 atom stereocenters. The quantitative estimate of drug-likeness (QED) is 0.546. The van der Waals surface area contributed by atoms with Gasteiger partial charge in [-0.1, -0.05) is 72.8 Å². The van der Waals surface area contributed by atoms with Gasteiger partial charge >= 0.3 is 0 Å². The van der Waals surface area contributed by atoms with E-state index in [-0.39, 0.29) is 0 Å². The molecule has 4 rings (SSSR count). The van der Waals surface area contributed by atoms with Crippen LogP contribution < -0.4 is 5.32 Å². The normalized spacial score (nSPS) is 12.2. The largest absolute Gasteiger partial charge is 0.387 e. The standard InChI is InChI=1S/C22H21N3O/c26-21(18-11-5-2-6-12-18)16-25-20-14-8-7-13-19(20)24-22(25)23-15-17-9-3-1-4-10-17/h1-14,21,26H,15-16H2,(H,23,24). The molecule has 1 aromatic heterocycles. The van der Waals surface area contributed by atoms with E-state index in [2.05, 4.69) is 22.0 Å². The predicted octanol–water partition coefficient (Wildman–Crippen LogP) is 4.38. The topological polar surface area (TPSA) is 50.1 Å². The molecule has 0 bridgehead atoms. The number of rotatable bonds is 6. The van der Waals surface area contributed by atoms with Crippen molar-refractivity contribution in [3.63, 3.8) is 0 Å². The van der Waals surface area contributed by atoms with Crippen LogP contribution in [0.5, 0.6) is 0 Å². The van der Waals surface area contributed by atoms with E-state index in [4.69, 9.17) is 4.98 Å². The molecule has 1 unspecified atom stereocenters. The van der Waals surface area contributed by atoms with Crippen molar-refractivity contribution >= 4 is 17.0 Å². The average molecular weight is 343 g/mol. The van der Waals surface area contributed by atoms with Crippen LogP contribution in [-0.4, -0.2) is 14.7 Å². The maximum atomic E-state index is 10.7. The number of aliphatic hydroxyl groups is 1. The lowest BCUT2D eigenvalue weighted by atomic mass is 10.1. The van der Waals surface area contributed by atoms with Gasteiger partial charge in [0, 0.05) is 6.54 Å². The first-order valence-electron chi connectivity index (χ1n) is 8.77. The third kappa shape index (κ3) is 3.46. The summed E-state index contributed by atoms with van der Waals surface area (Å²) in [5.74, 6) is 0.769. The van der Waals surface area contributed by atoms with E-state index >= 15 is 0 Å². The highest BCUT2D eigenvalue weighted by atomic mass is 16.3. The smallest absolute Gasteiger partial charge is 0.204 e. The summed E-state index contributed by atoms with van der Waals surface area (Å²) in [5.41, 5.74) is 4.02. The fraction of sp³-hybridized carbons (Fsp3) is 0.136. The Bertz CT molecular complexity index is 980. The Balaban J connectivity index is 1.63. The van der Waals surface area contributed by atoms with Crippen LogP contribution >= 0.6 is 0 Å². The minimum atomic E-state index is -0.592. The lowest BCUT2D eigenvalue weighted by Gasteiger charge is -2.16. The van der Waals surface area contributed by atoms with Crippen molar-refractivity contribution in [3.8, 4) is 0 Å². The van der Waals surface area contributed by atoms with Gasteiger partial charge in [-0.15, -0.1) is 0 Å². The minimum absolute atomic E-state index is 0.446. The van der Waals surface area contributed by atoms with Crippen LogP contribution in [-0.2, 0) is 13.1 Å². The second kappa shape index (κ2) is 7.42. The summed E-state index contributed by atoms with van der Waals surface area (Å²) in [7, 11) is 0. The number of nitrogens with zero attached hydrogens (tertiary/aromatic N) is 2. The number of aromatic nitrogens is 2. The van der Waals surface area contributed by atoms with Crippen molar-refractivity contribution in [2.24, 2.45) is 0 Å². The van der Waals surface area contributed by atoms with Crippen molar-refractivity contribution in [2.75, 3.05) is 5.32 Å². The first-order valence-corrected chi connectivity index (χ1v) is 8.77. The molecular weight excluding hydrogens is 322 g/mol. The summed E-state index contributed by atoms with van der Waals surface area (Å²) < 4.78 is 2.05. The molecule has 0 fully saturated rings. The van der Waals surface area contributed by atoms with E-state index in [1.165, 1.54) is 5.56 Å². The lowest BCUT2D eigenvalue weighted by molar-refractivity contribution is 0.158. The predicted molar refractivity (Wildman–Crippen MR) is 105 cm³/mol. The number of hydrogen-bond donors (Lipinski definition) is 2. The van der Waals surface area contributed by atoms with E-state index in [0.29, 0.717) is 13.1 Å². The number of imidazole rings is 1. The van der Waals surface area contributed by atoms with Crippen LogP contribution in [0.2, 0.25) is 0 Å². The third-order valence-electron chi connectivity index (χ3n) is 4.49. The Morgan fingerprint density at radius 3 is 2.27 bits per heavy atom. The molecule has 0 radical (unpaired) electrons. The maximum absolute atomic E-state index is 10.7. The molecular formula is C22H21N3O. The van der Waals surface area contributed by atoms with Gasteiger partial charge in [0.1, 0.15) is 0 Å². The van der Waals surface area contributed by atoms with Crippen LogP contribution in [0.1, 0.15) is 17.2 Å². The summed E-state index contributed by atoms with van der Waals surface area (Å²) in [5, 5.41) is 14.1. The SMILES string of the molecule is OC(Cn1c(NCc2ccccc2)nc2ccccc21)c1ccccc1. The van der Waals surface area contributed by atoms with Crippen LogP contribution in [0.4, 0.5) is 5.95 Å². The van der Waals surface area contributed by atoms with Crippen LogP contribution in [0.25, 0.3) is 11.0 Å². The average Bonchev–Trinajstić information content (AvgIpc) is 3.05. The van der Waals surface area contributed by atoms with E-state index < -0.39 is 6.10 Å². The van der Waals surface area contributed by atoms with Crippen molar-refractivity contribution in [2.45, 2.75) is 19.2 Å². The molecule has 4 aromatic rings. The first kappa shape index (κ1) is 16.4. The van der Waals surface area contributed by atoms with Gasteiger partial charge in [-0.3, -0.25) is 0 Å². The highest BCUT2D eigenvalue weighted by Crippen LogP contribution is 2.24. The van der Waals surface area contributed by atoms with Gasteiger partial charge in [0.15, 0.2) is 0 Å². The molecule has 0 aliphatic rings. The zero-order chi connectivity index (χ0) is 17.8. The van der Waals surface area contributed by atoms with Gasteiger partial charge in [0.25, 0.3) is 0 Å². The Hall–Kier alpha value is -3.11. The van der Waals surface area contributed by atoms with Crippen LogP contribution in [0, 0.1) is 0 Å². The van der Waals surface area contributed by atoms with E-state index in [9.17, 15) is 5.11 Å². The molecule has 1 heterocycles. The number of hydrogen-bond acceptors (Lipinski definition) is 3. The molecule has 0 aliphatic carbocycles. The zero-order valence-electron chi connectivity index (χ0n) is 14.4. The van der Waals surface area contributed by atoms with Gasteiger partial charge in [-0.05, 0) is 23.3 Å². The fourth-order valence-corrected chi connectivity index (χ4v) is 3.13. The summed E-state index contributed by atoms with van der Waals surface area (Å²) in [6.07, 6.45) is -0.592. The minimum Gasteiger partial charge on any atom is -0.387 e. The lowest BCUT2D eigenvalue weighted by Crippen LogP contribution is -2.13. The number of nitrogens with one attached hydrogen (secondary N) is 1. The molecule has 4 nitrogen and oxygen atoms in total. The second-order valence-electron chi connectivity index (χ2n) is 6.30. The summed E-state index contributed by atoms with van der Waals surface area (Å²) >= 11 is 0. The number of benzene rings is 3. The van der Waals surface area contributed by atoms with Crippen molar-refractivity contribution < 1.29 is 5.11 Å². The van der Waals surface area contributed by atoms with Crippen molar-refractivity contribution in [3.05, 3.63) is 96.1 Å². The van der Waals surface area contributed by atoms with Crippen molar-refractivity contribution in [1.82, 2.24) is 9.55 Å². The van der Waals surface area contributed by atoms with Gasteiger partial charge in [0.05, 0.1) is 23.7 Å².